The molecule has 0 fully saturated rings. The maximum absolute atomic E-state index is 6.80. The van der Waals surface area contributed by atoms with Crippen LogP contribution in [0.5, 0.6) is 5.75 Å². The Morgan fingerprint density at radius 3 is 2.10 bits per heavy atom. The fourth-order valence-electron chi connectivity index (χ4n) is 8.76. The van der Waals surface area contributed by atoms with Gasteiger partial charge in [-0.2, -0.15) is 4.58 Å². The molecule has 5 aromatic carbocycles. The molecule has 3 aliphatic rings. The molecule has 0 N–H and O–H groups in total. The summed E-state index contributed by atoms with van der Waals surface area (Å²) in [5.41, 5.74) is 9.69. The molecule has 0 amide bonds. The Hall–Kier alpha value is -4.57. The molecule has 51 heavy (non-hydrogen) atoms. The Kier molecular flexibility index (Phi) is 8.28. The highest BCUT2D eigenvalue weighted by Crippen LogP contribution is 2.50. The maximum atomic E-state index is 6.80. The lowest BCUT2D eigenvalue weighted by Crippen LogP contribution is -2.27. The van der Waals surface area contributed by atoms with E-state index in [1.807, 2.05) is 42.5 Å². The summed E-state index contributed by atoms with van der Waals surface area (Å²) >= 11 is 12.8. The minimum atomic E-state index is -0.199. The first kappa shape index (κ1) is 33.6. The molecular formula is C46H43Cl2N2O+. The second-order valence-electron chi connectivity index (χ2n) is 15.1. The van der Waals surface area contributed by atoms with E-state index in [1.165, 1.54) is 66.6 Å². The van der Waals surface area contributed by atoms with Crippen molar-refractivity contribution in [3.05, 3.63) is 159 Å². The number of halogens is 2. The van der Waals surface area contributed by atoms with E-state index in [4.69, 9.17) is 27.9 Å². The zero-order chi connectivity index (χ0) is 35.7. The summed E-state index contributed by atoms with van der Waals surface area (Å²) in [6.45, 7) is 9.31. The molecule has 1 aliphatic carbocycles. The van der Waals surface area contributed by atoms with Gasteiger partial charge in [0.25, 0.3) is 0 Å². The van der Waals surface area contributed by atoms with Crippen molar-refractivity contribution in [2.75, 3.05) is 19.0 Å². The normalized spacial score (nSPS) is 19.6. The van der Waals surface area contributed by atoms with Crippen LogP contribution < -0.4 is 9.64 Å². The number of para-hydroxylation sites is 1. The molecule has 0 saturated heterocycles. The van der Waals surface area contributed by atoms with Crippen molar-refractivity contribution in [1.29, 1.82) is 0 Å². The molecule has 0 spiro atoms. The van der Waals surface area contributed by atoms with Crippen LogP contribution in [0, 0.1) is 0 Å². The lowest BCUT2D eigenvalue weighted by Gasteiger charge is -2.25. The van der Waals surface area contributed by atoms with Crippen molar-refractivity contribution in [2.45, 2.75) is 57.8 Å². The molecule has 8 rings (SSSR count). The van der Waals surface area contributed by atoms with Crippen molar-refractivity contribution in [2.24, 2.45) is 0 Å². The van der Waals surface area contributed by atoms with E-state index in [-0.39, 0.29) is 10.8 Å². The summed E-state index contributed by atoms with van der Waals surface area (Å²) in [6, 6.07) is 31.4. The van der Waals surface area contributed by atoms with Crippen LogP contribution in [-0.4, -0.2) is 24.4 Å². The second kappa shape index (κ2) is 12.6. The average molecular weight is 711 g/mol. The Morgan fingerprint density at radius 2 is 1.39 bits per heavy atom. The molecule has 0 saturated carbocycles. The predicted octanol–water partition coefficient (Wildman–Crippen LogP) is 12.6. The first-order valence-electron chi connectivity index (χ1n) is 17.8. The van der Waals surface area contributed by atoms with Gasteiger partial charge in [0.1, 0.15) is 18.6 Å². The van der Waals surface area contributed by atoms with E-state index < -0.39 is 0 Å². The number of hydrogen-bond acceptors (Lipinski definition) is 2. The maximum Gasteiger partial charge on any atom is 0.210 e. The quantitative estimate of drug-likeness (QED) is 0.169. The van der Waals surface area contributed by atoms with Crippen molar-refractivity contribution < 1.29 is 9.31 Å². The summed E-state index contributed by atoms with van der Waals surface area (Å²) in [5.74, 6) is 1.80. The lowest BCUT2D eigenvalue weighted by molar-refractivity contribution is -0.401. The largest absolute Gasteiger partial charge is 0.457 e. The number of fused-ring (bicyclic) bond motifs is 6. The molecule has 0 unspecified atom stereocenters. The number of ether oxygens (including phenoxy) is 1. The minimum absolute atomic E-state index is 0.199. The molecule has 5 aromatic rings. The van der Waals surface area contributed by atoms with Crippen molar-refractivity contribution in [1.82, 2.24) is 0 Å². The number of anilines is 1. The van der Waals surface area contributed by atoms with Crippen LogP contribution in [0.3, 0.4) is 0 Å². The summed E-state index contributed by atoms with van der Waals surface area (Å²) < 4.78 is 9.14. The summed E-state index contributed by atoms with van der Waals surface area (Å²) in [4.78, 5) is 2.34. The standard InChI is InChI=1S/C46H43Cl2N2O/c1-45(2)40(49(5)38-23-15-31-27-33(47)19-21-36(31)42(38)45)25-17-29-11-10-12-30(44(29)51-35-13-8-7-9-14-35)18-26-41-46(3,4)43-37-22-20-34(48)28-32(37)16-24-39(43)50(41)6/h7-9,13-28H,10-12H2,1-6H3/q+1. The van der Waals surface area contributed by atoms with Crippen LogP contribution in [0.25, 0.3) is 21.5 Å². The average Bonchev–Trinajstić information content (AvgIpc) is 3.43. The van der Waals surface area contributed by atoms with E-state index in [1.54, 1.807) is 0 Å². The SMILES string of the molecule is CN1/C(=C/C=C2\CCCC(/C=C/C3=[N+](C)c4ccc5cc(Cl)ccc5c4C3(C)C)=C2Oc2ccccc2)C(C)(C)c2c1ccc1cc(Cl)ccc21. The van der Waals surface area contributed by atoms with E-state index in [0.717, 1.165) is 40.8 Å². The van der Waals surface area contributed by atoms with E-state index in [0.29, 0.717) is 0 Å². The lowest BCUT2D eigenvalue weighted by atomic mass is 9.78. The highest BCUT2D eigenvalue weighted by Gasteiger charge is 2.44. The third-order valence-corrected chi connectivity index (χ3v) is 11.7. The van der Waals surface area contributed by atoms with Crippen molar-refractivity contribution in [3.63, 3.8) is 0 Å². The smallest absolute Gasteiger partial charge is 0.210 e. The van der Waals surface area contributed by atoms with Crippen LogP contribution in [0.1, 0.15) is 58.1 Å². The molecule has 3 nitrogen and oxygen atoms in total. The molecule has 0 radical (unpaired) electrons. The third-order valence-electron chi connectivity index (χ3n) is 11.2. The zero-order valence-electron chi connectivity index (χ0n) is 30.1. The molecule has 0 aromatic heterocycles. The van der Waals surface area contributed by atoms with Gasteiger partial charge in [0.15, 0.2) is 5.71 Å². The molecule has 0 bridgehead atoms. The number of hydrogen-bond donors (Lipinski definition) is 0. The van der Waals surface area contributed by atoms with Crippen LogP contribution in [0.2, 0.25) is 10.0 Å². The van der Waals surface area contributed by atoms with Crippen LogP contribution in [-0.2, 0) is 10.8 Å². The van der Waals surface area contributed by atoms with Gasteiger partial charge >= 0.3 is 0 Å². The van der Waals surface area contributed by atoms with Gasteiger partial charge in [-0.05, 0) is 132 Å². The Bertz CT molecular complexity index is 2410. The monoisotopic (exact) mass is 709 g/mol. The predicted molar refractivity (Wildman–Crippen MR) is 216 cm³/mol. The number of nitrogens with zero attached hydrogens (tertiary/aromatic N) is 2. The van der Waals surface area contributed by atoms with Gasteiger partial charge in [0.2, 0.25) is 5.69 Å². The zero-order valence-corrected chi connectivity index (χ0v) is 31.7. The minimum Gasteiger partial charge on any atom is -0.457 e. The van der Waals surface area contributed by atoms with Gasteiger partial charge in [-0.3, -0.25) is 0 Å². The first-order chi connectivity index (χ1) is 24.4. The molecule has 2 heterocycles. The summed E-state index contributed by atoms with van der Waals surface area (Å²) in [6.07, 6.45) is 12.2. The highest BCUT2D eigenvalue weighted by atomic mass is 35.5. The van der Waals surface area contributed by atoms with E-state index in [9.17, 15) is 0 Å². The number of benzene rings is 5. The van der Waals surface area contributed by atoms with E-state index >= 15 is 0 Å². The van der Waals surface area contributed by atoms with Gasteiger partial charge in [-0.1, -0.05) is 79.5 Å². The third kappa shape index (κ3) is 5.62. The van der Waals surface area contributed by atoms with E-state index in [2.05, 4.69) is 124 Å². The molecule has 5 heteroatoms. The van der Waals surface area contributed by atoms with Crippen molar-refractivity contribution in [3.8, 4) is 5.75 Å². The molecule has 2 aliphatic heterocycles. The molecule has 256 valence electrons. The Morgan fingerprint density at radius 1 is 0.725 bits per heavy atom. The summed E-state index contributed by atoms with van der Waals surface area (Å²) in [7, 11) is 4.36. The van der Waals surface area contributed by atoms with Gasteiger partial charge in [-0.25, -0.2) is 0 Å². The fourth-order valence-corrected chi connectivity index (χ4v) is 9.12. The molecule has 0 atom stereocenters. The summed E-state index contributed by atoms with van der Waals surface area (Å²) in [5, 5.41) is 6.36. The highest BCUT2D eigenvalue weighted by molar-refractivity contribution is 6.31. The second-order valence-corrected chi connectivity index (χ2v) is 16.0. The number of allylic oxidation sites excluding steroid dienone is 7. The molecular weight excluding hydrogens is 667 g/mol. The van der Waals surface area contributed by atoms with Crippen LogP contribution in [0.15, 0.2) is 138 Å². The van der Waals surface area contributed by atoms with Gasteiger partial charge in [0, 0.05) is 51.6 Å². The van der Waals surface area contributed by atoms with Crippen molar-refractivity contribution >= 4 is 61.8 Å². The van der Waals surface area contributed by atoms with Gasteiger partial charge in [0.05, 0.1) is 5.41 Å². The van der Waals surface area contributed by atoms with Crippen LogP contribution in [0.4, 0.5) is 11.4 Å². The van der Waals surface area contributed by atoms with Gasteiger partial charge in [-0.15, -0.1) is 0 Å². The Labute approximate surface area is 311 Å². The number of likely N-dealkylation sites (N-methyl/N-ethyl adjacent to an activating group) is 1. The van der Waals surface area contributed by atoms with Gasteiger partial charge < -0.3 is 9.64 Å². The fraction of sp³-hybridized carbons (Fsp3) is 0.239. The topological polar surface area (TPSA) is 15.5 Å². The van der Waals surface area contributed by atoms with Crippen LogP contribution >= 0.6 is 23.2 Å². The Balaban J connectivity index is 1.20. The first-order valence-corrected chi connectivity index (χ1v) is 18.6. The number of rotatable bonds is 5.